The number of amides is 2. The van der Waals surface area contributed by atoms with E-state index in [0.717, 1.165) is 47.4 Å². The Labute approximate surface area is 238 Å². The molecule has 4 heterocycles. The number of nitrogens with two attached hydrogens (primary N) is 1. The number of carbonyl (C=O) groups is 3. The molecule has 3 saturated heterocycles. The van der Waals surface area contributed by atoms with E-state index in [1.165, 1.54) is 0 Å². The molecule has 4 atom stereocenters. The summed E-state index contributed by atoms with van der Waals surface area (Å²) in [6.07, 6.45) is -0.0171. The van der Waals surface area contributed by atoms with Crippen LogP contribution in [0.4, 0.5) is 5.13 Å². The fourth-order valence-corrected chi connectivity index (χ4v) is 7.20. The first kappa shape index (κ1) is 28.0. The first-order chi connectivity index (χ1) is 18.5. The molecule has 0 spiro atoms. The van der Waals surface area contributed by atoms with Crippen LogP contribution < -0.4 is 10.6 Å². The van der Waals surface area contributed by atoms with Crippen molar-refractivity contribution in [1.82, 2.24) is 14.8 Å². The Kier molecular flexibility index (Phi) is 8.01. The van der Waals surface area contributed by atoms with Gasteiger partial charge in [0, 0.05) is 48.7 Å². The smallest absolute Gasteiger partial charge is 0.249 e. The lowest BCUT2D eigenvalue weighted by molar-refractivity contribution is -0.138. The summed E-state index contributed by atoms with van der Waals surface area (Å²) in [5.41, 5.74) is 8.35. The number of likely N-dealkylation sites (N-methyl/N-ethyl adjacent to an activating group) is 1. The molecular weight excluding hydrogens is 538 g/mol. The molecule has 3 aliphatic heterocycles. The molecule has 2 N–H and O–H groups in total. The molecule has 39 heavy (non-hydrogen) atoms. The molecule has 0 bridgehead atoms. The van der Waals surface area contributed by atoms with Gasteiger partial charge in [0.15, 0.2) is 10.9 Å². The van der Waals surface area contributed by atoms with Crippen molar-refractivity contribution in [1.29, 1.82) is 0 Å². The summed E-state index contributed by atoms with van der Waals surface area (Å²) in [4.78, 5) is 51.5. The quantitative estimate of drug-likeness (QED) is 0.507. The Hall–Kier alpha value is -2.53. The average molecular weight is 574 g/mol. The zero-order valence-electron chi connectivity index (χ0n) is 22.9. The summed E-state index contributed by atoms with van der Waals surface area (Å²) in [6.45, 7) is 10.1. The third-order valence-corrected chi connectivity index (χ3v) is 9.35. The number of thiazole rings is 1. The minimum atomic E-state index is -0.693. The van der Waals surface area contributed by atoms with Crippen LogP contribution in [0, 0.1) is 12.8 Å². The second kappa shape index (κ2) is 11.2. The molecule has 0 unspecified atom stereocenters. The molecule has 0 aliphatic carbocycles. The highest BCUT2D eigenvalue weighted by Crippen LogP contribution is 2.39. The Bertz CT molecular complexity index is 1270. The molecule has 2 amide bonds. The first-order valence-corrected chi connectivity index (χ1v) is 14.7. The summed E-state index contributed by atoms with van der Waals surface area (Å²) in [5, 5.41) is 0.514. The highest BCUT2D eigenvalue weighted by molar-refractivity contribution is 7.16. The monoisotopic (exact) mass is 573 g/mol. The van der Waals surface area contributed by atoms with E-state index in [2.05, 4.69) is 16.8 Å². The molecule has 5 rings (SSSR count). The van der Waals surface area contributed by atoms with Gasteiger partial charge >= 0.3 is 0 Å². The second-order valence-corrected chi connectivity index (χ2v) is 13.0. The van der Waals surface area contributed by atoms with Gasteiger partial charge in [0.2, 0.25) is 11.8 Å². The maximum atomic E-state index is 14.1. The lowest BCUT2D eigenvalue weighted by Gasteiger charge is -2.32. The van der Waals surface area contributed by atoms with E-state index < -0.39 is 29.3 Å². The predicted octanol–water partition coefficient (Wildman–Crippen LogP) is 2.89. The Morgan fingerprint density at radius 2 is 1.95 bits per heavy atom. The van der Waals surface area contributed by atoms with Crippen LogP contribution in [0.1, 0.15) is 47.0 Å². The number of benzene rings is 1. The molecule has 3 fully saturated rings. The van der Waals surface area contributed by atoms with Gasteiger partial charge in [0.1, 0.15) is 18.8 Å². The van der Waals surface area contributed by atoms with Crippen LogP contribution in [-0.2, 0) is 14.3 Å². The number of primary amides is 1. The molecule has 1 aromatic carbocycles. The molecule has 0 saturated carbocycles. The van der Waals surface area contributed by atoms with Crippen molar-refractivity contribution < 1.29 is 19.1 Å². The number of halogens is 1. The van der Waals surface area contributed by atoms with Gasteiger partial charge in [-0.2, -0.15) is 0 Å². The van der Waals surface area contributed by atoms with Crippen LogP contribution in [0.25, 0.3) is 11.3 Å². The molecule has 9 nitrogen and oxygen atoms in total. The second-order valence-electron chi connectivity index (χ2n) is 11.2. The Morgan fingerprint density at radius 1 is 1.23 bits per heavy atom. The number of Topliss-reactive ketones (excluding diaryl/α,β-unsaturated/α-hetero) is 1. The van der Waals surface area contributed by atoms with Crippen LogP contribution in [-0.4, -0.2) is 96.3 Å². The zero-order chi connectivity index (χ0) is 28.0. The van der Waals surface area contributed by atoms with E-state index >= 15 is 0 Å². The zero-order valence-corrected chi connectivity index (χ0v) is 24.4. The molecule has 210 valence electrons. The van der Waals surface area contributed by atoms with Crippen LogP contribution in [0.2, 0.25) is 0 Å². The molecule has 1 aromatic heterocycles. The number of aryl methyl sites for hydroxylation is 1. The van der Waals surface area contributed by atoms with Crippen LogP contribution in [0.3, 0.4) is 0 Å². The predicted molar refractivity (Wildman–Crippen MR) is 153 cm³/mol. The Balaban J connectivity index is 1.52. The van der Waals surface area contributed by atoms with Crippen molar-refractivity contribution >= 4 is 45.7 Å². The van der Waals surface area contributed by atoms with Crippen LogP contribution >= 0.6 is 22.9 Å². The highest BCUT2D eigenvalue weighted by atomic mass is 35.5. The van der Waals surface area contributed by atoms with Crippen molar-refractivity contribution in [2.75, 3.05) is 51.3 Å². The number of hydrogen-bond donors (Lipinski definition) is 1. The number of piperazine rings is 1. The van der Waals surface area contributed by atoms with Crippen molar-refractivity contribution in [2.24, 2.45) is 11.7 Å². The lowest BCUT2D eigenvalue weighted by Crippen LogP contribution is -2.44. The lowest BCUT2D eigenvalue weighted by atomic mass is 9.84. The largest absolute Gasteiger partial charge is 0.366 e. The fraction of sp³-hybridized carbons (Fsp3) is 0.571. The number of anilines is 1. The highest BCUT2D eigenvalue weighted by Gasteiger charge is 2.52. The number of hydrogen-bond acceptors (Lipinski definition) is 8. The van der Waals surface area contributed by atoms with Gasteiger partial charge < -0.3 is 25.2 Å². The summed E-state index contributed by atoms with van der Waals surface area (Å²) >= 11 is 8.15. The summed E-state index contributed by atoms with van der Waals surface area (Å²) in [6, 6.07) is 4.75. The molecule has 0 radical (unpaired) electrons. The number of ether oxygens (including phenoxy) is 1. The number of rotatable bonds is 7. The maximum absolute atomic E-state index is 14.1. The summed E-state index contributed by atoms with van der Waals surface area (Å²) in [7, 11) is 2.12. The van der Waals surface area contributed by atoms with E-state index in [4.69, 9.17) is 27.1 Å². The number of aromatic nitrogens is 1. The van der Waals surface area contributed by atoms with Gasteiger partial charge in [0.05, 0.1) is 17.0 Å². The van der Waals surface area contributed by atoms with E-state index in [1.54, 1.807) is 22.3 Å². The number of nitrogens with zero attached hydrogens (tertiary/aromatic N) is 4. The third-order valence-electron chi connectivity index (χ3n) is 7.94. The van der Waals surface area contributed by atoms with Gasteiger partial charge in [-0.05, 0) is 44.0 Å². The van der Waals surface area contributed by atoms with Crippen molar-refractivity contribution in [2.45, 2.75) is 50.6 Å². The third kappa shape index (κ3) is 5.44. The van der Waals surface area contributed by atoms with Gasteiger partial charge in [-0.3, -0.25) is 14.4 Å². The van der Waals surface area contributed by atoms with E-state index in [1.807, 2.05) is 32.9 Å². The van der Waals surface area contributed by atoms with Crippen LogP contribution in [0.15, 0.2) is 18.2 Å². The number of alkyl halides is 1. The average Bonchev–Trinajstić information content (AvgIpc) is 3.57. The number of ketones is 1. The SMILES string of the molecule is Cc1sc(N2CCN(C)CC2)nc1-c1ccc(C(N)=O)c([C@H](CC(C)C)C(=O)N2C[C@@H](Cl)[C@H]3OCC(=O)[C@H]32)c1. The summed E-state index contributed by atoms with van der Waals surface area (Å²) in [5.74, 6) is -1.49. The van der Waals surface area contributed by atoms with Crippen molar-refractivity contribution in [3.05, 3.63) is 34.2 Å². The minimum Gasteiger partial charge on any atom is -0.366 e. The fourth-order valence-electron chi connectivity index (χ4n) is 5.86. The Morgan fingerprint density at radius 3 is 2.62 bits per heavy atom. The molecule has 3 aliphatic rings. The number of fused-ring (bicyclic) bond motifs is 1. The van der Waals surface area contributed by atoms with E-state index in [-0.39, 0.29) is 30.8 Å². The number of carbonyl (C=O) groups excluding carboxylic acids is 3. The molecule has 11 heteroatoms. The first-order valence-electron chi connectivity index (χ1n) is 13.5. The van der Waals surface area contributed by atoms with Gasteiger partial charge in [0.25, 0.3) is 0 Å². The normalized spacial score (nSPS) is 24.5. The van der Waals surface area contributed by atoms with Gasteiger partial charge in [-0.15, -0.1) is 22.9 Å². The van der Waals surface area contributed by atoms with Crippen molar-refractivity contribution in [3.8, 4) is 11.3 Å². The van der Waals surface area contributed by atoms with Gasteiger partial charge in [-0.1, -0.05) is 19.9 Å². The van der Waals surface area contributed by atoms with Crippen LogP contribution in [0.5, 0.6) is 0 Å². The van der Waals surface area contributed by atoms with Crippen molar-refractivity contribution in [3.63, 3.8) is 0 Å². The van der Waals surface area contributed by atoms with E-state index in [9.17, 15) is 14.4 Å². The molecule has 2 aromatic rings. The number of likely N-dealkylation sites (tertiary alicyclic amines) is 1. The van der Waals surface area contributed by atoms with E-state index in [0.29, 0.717) is 17.5 Å². The topological polar surface area (TPSA) is 109 Å². The maximum Gasteiger partial charge on any atom is 0.249 e. The standard InChI is InChI=1S/C28H36ClN5O4S/c1-15(2)11-20(27(37)34-13-21(29)25-24(34)22(35)14-38-25)19-12-17(5-6-18(19)26(30)36)23-16(3)39-28(31-23)33-9-7-32(4)8-10-33/h5-6,12,15,20-21,24-25H,7-11,13-14H2,1-4H3,(H2,30,36)/t20-,21+,24+,25+/m0/s1. The van der Waals surface area contributed by atoms with Gasteiger partial charge in [-0.25, -0.2) is 4.98 Å². The minimum absolute atomic E-state index is 0.0437. The summed E-state index contributed by atoms with van der Waals surface area (Å²) < 4.78 is 5.60. The molecular formula is C28H36ClN5O4S.